The Bertz CT molecular complexity index is 1650. The Morgan fingerprint density at radius 1 is 1.06 bits per heavy atom. The highest BCUT2D eigenvalue weighted by molar-refractivity contribution is 5.97. The molecular formula is C39H54FN7O4. The molecule has 51 heavy (non-hydrogen) atoms. The molecule has 12 heteroatoms. The van der Waals surface area contributed by atoms with Gasteiger partial charge in [0.2, 0.25) is 0 Å². The maximum absolute atomic E-state index is 14.4. The van der Waals surface area contributed by atoms with Crippen LogP contribution in [0, 0.1) is 17.2 Å². The molecule has 2 aliphatic rings. The first-order chi connectivity index (χ1) is 24.3. The Hall–Kier alpha value is -4.32. The molecule has 5 rings (SSSR count). The maximum Gasteiger partial charge on any atom is 0.410 e. The summed E-state index contributed by atoms with van der Waals surface area (Å²) in [5.74, 6) is 0.566. The molecule has 2 saturated heterocycles. The molecule has 2 aromatic carbocycles. The summed E-state index contributed by atoms with van der Waals surface area (Å²) in [5, 5.41) is 8.24. The number of anilines is 1. The van der Waals surface area contributed by atoms with Gasteiger partial charge < -0.3 is 19.3 Å². The van der Waals surface area contributed by atoms with E-state index < -0.39 is 11.4 Å². The van der Waals surface area contributed by atoms with Gasteiger partial charge in [0.1, 0.15) is 17.9 Å². The van der Waals surface area contributed by atoms with Gasteiger partial charge in [-0.1, -0.05) is 44.2 Å². The predicted molar refractivity (Wildman–Crippen MR) is 195 cm³/mol. The van der Waals surface area contributed by atoms with Crippen LogP contribution >= 0.6 is 0 Å². The first-order valence-corrected chi connectivity index (χ1v) is 18.1. The van der Waals surface area contributed by atoms with E-state index in [0.29, 0.717) is 30.9 Å². The third-order valence-electron chi connectivity index (χ3n) is 10.6. The van der Waals surface area contributed by atoms with Crippen LogP contribution in [-0.4, -0.2) is 99.3 Å². The molecule has 1 aromatic heterocycles. The molecule has 2 aliphatic heterocycles. The minimum atomic E-state index is -0.518. The van der Waals surface area contributed by atoms with Crippen LogP contribution < -0.4 is 9.64 Å². The zero-order valence-corrected chi connectivity index (χ0v) is 31.4. The fourth-order valence-electron chi connectivity index (χ4n) is 7.70. The molecule has 3 heterocycles. The van der Waals surface area contributed by atoms with Gasteiger partial charge in [-0.2, -0.15) is 0 Å². The lowest BCUT2D eigenvalue weighted by atomic mass is 9.76. The average molecular weight is 704 g/mol. The number of carbonyl (C=O) groups is 2. The summed E-state index contributed by atoms with van der Waals surface area (Å²) in [6, 6.07) is 14.3. The van der Waals surface area contributed by atoms with Crippen LogP contribution in [0.15, 0.2) is 54.9 Å². The predicted octanol–water partition coefficient (Wildman–Crippen LogP) is 7.04. The molecule has 0 bridgehead atoms. The van der Waals surface area contributed by atoms with E-state index in [1.807, 2.05) is 56.0 Å². The summed E-state index contributed by atoms with van der Waals surface area (Å²) in [7, 11) is 1.44. The summed E-state index contributed by atoms with van der Waals surface area (Å²) >= 11 is 0. The Kier molecular flexibility index (Phi) is 11.8. The Morgan fingerprint density at radius 2 is 1.78 bits per heavy atom. The highest BCUT2D eigenvalue weighted by atomic mass is 19.1. The minimum Gasteiger partial charge on any atom is -0.453 e. The van der Waals surface area contributed by atoms with Crippen LogP contribution in [0.4, 0.5) is 15.0 Å². The molecule has 0 saturated carbocycles. The summed E-state index contributed by atoms with van der Waals surface area (Å²) in [6.07, 6.45) is 3.87. The van der Waals surface area contributed by atoms with E-state index in [0.717, 1.165) is 51.0 Å². The molecule has 11 nitrogen and oxygen atoms in total. The van der Waals surface area contributed by atoms with Crippen LogP contribution in [-0.2, 0) is 11.3 Å². The van der Waals surface area contributed by atoms with Crippen LogP contribution in [0.5, 0.6) is 11.6 Å². The van der Waals surface area contributed by atoms with Crippen LogP contribution in [0.3, 0.4) is 0 Å². The van der Waals surface area contributed by atoms with E-state index in [2.05, 4.69) is 52.7 Å². The van der Waals surface area contributed by atoms with Gasteiger partial charge in [0.25, 0.3) is 11.8 Å². The number of ether oxygens (including phenoxy) is 2. The smallest absolute Gasteiger partial charge is 0.410 e. The number of hydrogen-bond donors (Lipinski definition) is 0. The van der Waals surface area contributed by atoms with Gasteiger partial charge >= 0.3 is 6.09 Å². The number of carbonyl (C=O) groups excluding carboxylic acids is 2. The third kappa shape index (κ3) is 8.60. The number of halogens is 1. The molecular weight excluding hydrogens is 649 g/mol. The average Bonchev–Trinajstić information content (AvgIpc) is 3.54. The van der Waals surface area contributed by atoms with Crippen molar-refractivity contribution in [3.63, 3.8) is 0 Å². The molecule has 0 aliphatic carbocycles. The summed E-state index contributed by atoms with van der Waals surface area (Å²) < 4.78 is 25.8. The molecule has 276 valence electrons. The van der Waals surface area contributed by atoms with Crippen molar-refractivity contribution in [2.24, 2.45) is 11.3 Å². The molecule has 1 atom stereocenters. The van der Waals surface area contributed by atoms with Crippen molar-refractivity contribution in [1.82, 2.24) is 29.9 Å². The largest absolute Gasteiger partial charge is 0.453 e. The summed E-state index contributed by atoms with van der Waals surface area (Å²) in [6.45, 7) is 19.0. The number of amides is 2. The summed E-state index contributed by atoms with van der Waals surface area (Å²) in [4.78, 5) is 39.2. The highest BCUT2D eigenvalue weighted by Crippen LogP contribution is 2.45. The van der Waals surface area contributed by atoms with Gasteiger partial charge in [-0.05, 0) is 83.6 Å². The number of hydrogen-bond acceptors (Lipinski definition) is 9. The number of nitrogens with zero attached hydrogens (tertiary/aromatic N) is 7. The van der Waals surface area contributed by atoms with Gasteiger partial charge in [-0.25, -0.2) is 14.2 Å². The van der Waals surface area contributed by atoms with Gasteiger partial charge in [-0.3, -0.25) is 14.6 Å². The van der Waals surface area contributed by atoms with Crippen LogP contribution in [0.2, 0.25) is 0 Å². The fourth-order valence-corrected chi connectivity index (χ4v) is 7.70. The molecule has 3 aromatic rings. The van der Waals surface area contributed by atoms with Gasteiger partial charge in [-0.15, -0.1) is 10.2 Å². The van der Waals surface area contributed by atoms with Crippen molar-refractivity contribution in [3.8, 4) is 11.6 Å². The lowest BCUT2D eigenvalue weighted by molar-refractivity contribution is -0.0383. The van der Waals surface area contributed by atoms with E-state index in [1.165, 1.54) is 31.6 Å². The maximum atomic E-state index is 14.4. The topological polar surface area (TPSA) is 104 Å². The second kappa shape index (κ2) is 15.9. The van der Waals surface area contributed by atoms with Gasteiger partial charge in [0.15, 0.2) is 5.82 Å². The standard InChI is InChI=1S/C39H54FN7O4/c1-9-46(28(4)5)36(48)31-21-30(40)15-16-33(31)51-35-34(41-26-42-43-35)44-20-19-39(23-44)24-45(25-39)32(27(2)3)17-18-38(6,7)47(37(49)50-8)22-29-13-11-10-12-14-29/h10-16,21,26-28,32H,9,17-20,22-25H2,1-8H3. The van der Waals surface area contributed by atoms with E-state index in [-0.39, 0.29) is 40.7 Å². The SMILES string of the molecule is CCN(C(=O)c1cc(F)ccc1Oc1nncnc1N1CCC2(C1)CN(C(CCC(C)(C)N(Cc1ccccc1)C(=O)OC)C(C)C)C2)C(C)C. The highest BCUT2D eigenvalue weighted by Gasteiger charge is 2.50. The number of rotatable bonds is 14. The first kappa shape index (κ1) is 37.9. The zero-order valence-electron chi connectivity index (χ0n) is 31.4. The van der Waals surface area contributed by atoms with Crippen LogP contribution in [0.25, 0.3) is 0 Å². The monoisotopic (exact) mass is 703 g/mol. The molecule has 2 fully saturated rings. The molecule has 0 radical (unpaired) electrons. The van der Waals surface area contributed by atoms with Crippen molar-refractivity contribution in [2.45, 2.75) is 91.9 Å². The second-order valence-corrected chi connectivity index (χ2v) is 15.3. The van der Waals surface area contributed by atoms with Crippen molar-refractivity contribution in [3.05, 3.63) is 71.8 Å². The van der Waals surface area contributed by atoms with Crippen molar-refractivity contribution in [2.75, 3.05) is 44.7 Å². The molecule has 1 unspecified atom stereocenters. The fraction of sp³-hybridized carbons (Fsp3) is 0.564. The number of benzene rings is 2. The number of likely N-dealkylation sites (tertiary alicyclic amines) is 1. The molecule has 1 spiro atoms. The van der Waals surface area contributed by atoms with E-state index in [1.54, 1.807) is 4.90 Å². The van der Waals surface area contributed by atoms with Gasteiger partial charge in [0, 0.05) is 62.3 Å². The number of aromatic nitrogens is 3. The van der Waals surface area contributed by atoms with Crippen molar-refractivity contribution >= 4 is 17.8 Å². The summed E-state index contributed by atoms with van der Waals surface area (Å²) in [5.41, 5.74) is 0.900. The Balaban J connectivity index is 1.25. The van der Waals surface area contributed by atoms with Crippen molar-refractivity contribution in [1.29, 1.82) is 0 Å². The van der Waals surface area contributed by atoms with Crippen LogP contribution in [0.1, 0.15) is 83.7 Å². The molecule has 2 amide bonds. The van der Waals surface area contributed by atoms with E-state index in [9.17, 15) is 14.0 Å². The lowest BCUT2D eigenvalue weighted by Gasteiger charge is -2.53. The van der Waals surface area contributed by atoms with E-state index in [4.69, 9.17) is 9.47 Å². The van der Waals surface area contributed by atoms with E-state index >= 15 is 0 Å². The molecule has 0 N–H and O–H groups in total. The van der Waals surface area contributed by atoms with Crippen molar-refractivity contribution < 1.29 is 23.5 Å². The second-order valence-electron chi connectivity index (χ2n) is 15.3. The zero-order chi connectivity index (χ0) is 36.9. The third-order valence-corrected chi connectivity index (χ3v) is 10.6. The normalized spacial score (nSPS) is 16.3. The first-order valence-electron chi connectivity index (χ1n) is 18.1. The quantitative estimate of drug-likeness (QED) is 0.175. The minimum absolute atomic E-state index is 0.0637. The Labute approximate surface area is 302 Å². The Morgan fingerprint density at radius 3 is 2.43 bits per heavy atom. The lowest BCUT2D eigenvalue weighted by Crippen LogP contribution is -2.62. The number of methoxy groups -OCH3 is 1. The van der Waals surface area contributed by atoms with Gasteiger partial charge in [0.05, 0.1) is 12.7 Å².